The van der Waals surface area contributed by atoms with Crippen molar-refractivity contribution in [1.29, 1.82) is 0 Å². The van der Waals surface area contributed by atoms with Gasteiger partial charge in [-0.05, 0) is 50.5 Å². The molecule has 1 amide bonds. The van der Waals surface area contributed by atoms with Crippen LogP contribution in [-0.4, -0.2) is 36.5 Å². The number of furan rings is 1. The standard InChI is InChI=1S/C21H24N2O3/c1-14-7-8-19(26-14)18-11-15-13-22(16-5-3-6-17(12-16)25-2)20(24)21(15)9-4-10-23(18)21/h3,5-8,12,15,18H,4,9-11,13H2,1-2H3/t15-,18-,21-/m0/s1. The predicted molar refractivity (Wildman–Crippen MR) is 98.3 cm³/mol. The molecule has 2 aromatic rings. The fourth-order valence-corrected chi connectivity index (χ4v) is 5.40. The van der Waals surface area contributed by atoms with E-state index in [0.717, 1.165) is 55.3 Å². The molecule has 3 fully saturated rings. The number of ether oxygens (including phenoxy) is 1. The molecule has 3 atom stereocenters. The second kappa shape index (κ2) is 5.61. The van der Waals surface area contributed by atoms with E-state index in [4.69, 9.17) is 9.15 Å². The molecule has 0 bridgehead atoms. The van der Waals surface area contributed by atoms with Crippen molar-refractivity contribution in [2.75, 3.05) is 25.1 Å². The molecule has 1 spiro atoms. The second-order valence-electron chi connectivity index (χ2n) is 7.74. The van der Waals surface area contributed by atoms with Gasteiger partial charge in [0.2, 0.25) is 5.91 Å². The third kappa shape index (κ3) is 2.04. The molecule has 136 valence electrons. The Bertz CT molecular complexity index is 860. The fourth-order valence-electron chi connectivity index (χ4n) is 5.40. The first-order chi connectivity index (χ1) is 12.6. The zero-order valence-corrected chi connectivity index (χ0v) is 15.3. The molecule has 3 aliphatic rings. The SMILES string of the molecule is COc1cccc(N2C[C@@H]3C[C@@H](c4ccc(C)o4)N4CCC[C@@]34C2=O)c1. The lowest BCUT2D eigenvalue weighted by molar-refractivity contribution is -0.126. The van der Waals surface area contributed by atoms with E-state index >= 15 is 0 Å². The maximum atomic E-state index is 13.6. The number of carbonyl (C=O) groups is 1. The number of rotatable bonds is 3. The Hall–Kier alpha value is -2.27. The van der Waals surface area contributed by atoms with Crippen LogP contribution >= 0.6 is 0 Å². The predicted octanol–water partition coefficient (Wildman–Crippen LogP) is 3.54. The molecule has 0 saturated carbocycles. The first-order valence-corrected chi connectivity index (χ1v) is 9.42. The van der Waals surface area contributed by atoms with Crippen LogP contribution in [0.1, 0.15) is 36.8 Å². The van der Waals surface area contributed by atoms with E-state index in [0.29, 0.717) is 5.92 Å². The quantitative estimate of drug-likeness (QED) is 0.848. The number of methoxy groups -OCH3 is 1. The van der Waals surface area contributed by atoms with Gasteiger partial charge in [0.05, 0.1) is 13.2 Å². The summed E-state index contributed by atoms with van der Waals surface area (Å²) in [5.41, 5.74) is 0.587. The third-order valence-corrected chi connectivity index (χ3v) is 6.50. The number of aryl methyl sites for hydroxylation is 1. The number of anilines is 1. The van der Waals surface area contributed by atoms with Crippen LogP contribution in [0.15, 0.2) is 40.8 Å². The molecule has 0 unspecified atom stereocenters. The topological polar surface area (TPSA) is 45.9 Å². The Morgan fingerprint density at radius 1 is 1.27 bits per heavy atom. The molecule has 3 saturated heterocycles. The van der Waals surface area contributed by atoms with Crippen molar-refractivity contribution < 1.29 is 13.9 Å². The van der Waals surface area contributed by atoms with Crippen LogP contribution in [0.3, 0.4) is 0 Å². The lowest BCUT2D eigenvalue weighted by atomic mass is 9.85. The van der Waals surface area contributed by atoms with Crippen molar-refractivity contribution in [1.82, 2.24) is 4.90 Å². The van der Waals surface area contributed by atoms with Gasteiger partial charge in [-0.25, -0.2) is 0 Å². The molecule has 0 N–H and O–H groups in total. The summed E-state index contributed by atoms with van der Waals surface area (Å²) in [4.78, 5) is 18.0. The molecule has 1 aromatic heterocycles. The van der Waals surface area contributed by atoms with Gasteiger partial charge in [0.1, 0.15) is 22.8 Å². The van der Waals surface area contributed by atoms with E-state index in [-0.39, 0.29) is 17.5 Å². The van der Waals surface area contributed by atoms with Gasteiger partial charge < -0.3 is 14.1 Å². The Kier molecular flexibility index (Phi) is 3.44. The van der Waals surface area contributed by atoms with Gasteiger partial charge >= 0.3 is 0 Å². The minimum Gasteiger partial charge on any atom is -0.497 e. The van der Waals surface area contributed by atoms with Crippen LogP contribution in [0.5, 0.6) is 5.75 Å². The maximum absolute atomic E-state index is 13.6. The average Bonchev–Trinajstić information content (AvgIpc) is 3.38. The normalized spacial score (nSPS) is 30.7. The smallest absolute Gasteiger partial charge is 0.247 e. The van der Waals surface area contributed by atoms with Gasteiger partial charge in [-0.3, -0.25) is 9.69 Å². The lowest BCUT2D eigenvalue weighted by Gasteiger charge is -2.32. The van der Waals surface area contributed by atoms with Crippen molar-refractivity contribution in [2.45, 2.75) is 37.8 Å². The molecule has 26 heavy (non-hydrogen) atoms. The molecule has 5 rings (SSSR count). The van der Waals surface area contributed by atoms with Crippen molar-refractivity contribution >= 4 is 11.6 Å². The van der Waals surface area contributed by atoms with E-state index in [1.165, 1.54) is 0 Å². The highest BCUT2D eigenvalue weighted by atomic mass is 16.5. The first-order valence-electron chi connectivity index (χ1n) is 9.42. The Labute approximate surface area is 153 Å². The molecular weight excluding hydrogens is 328 g/mol. The molecule has 4 heterocycles. The van der Waals surface area contributed by atoms with Crippen molar-refractivity contribution in [2.24, 2.45) is 5.92 Å². The summed E-state index contributed by atoms with van der Waals surface area (Å²) in [5, 5.41) is 0. The molecule has 5 nitrogen and oxygen atoms in total. The molecule has 3 aliphatic heterocycles. The number of amides is 1. The number of hydrogen-bond acceptors (Lipinski definition) is 4. The minimum atomic E-state index is -0.353. The Morgan fingerprint density at radius 2 is 2.15 bits per heavy atom. The summed E-state index contributed by atoms with van der Waals surface area (Å²) in [6.45, 7) is 3.73. The van der Waals surface area contributed by atoms with Crippen LogP contribution in [0.25, 0.3) is 0 Å². The minimum absolute atomic E-state index is 0.229. The Balaban J connectivity index is 1.49. The molecular formula is C21H24N2O3. The van der Waals surface area contributed by atoms with Gasteiger partial charge in [-0.15, -0.1) is 0 Å². The van der Waals surface area contributed by atoms with Crippen molar-refractivity contribution in [3.05, 3.63) is 47.9 Å². The molecule has 5 heteroatoms. The van der Waals surface area contributed by atoms with E-state index in [9.17, 15) is 4.79 Å². The van der Waals surface area contributed by atoms with Gasteiger partial charge in [-0.2, -0.15) is 0 Å². The van der Waals surface area contributed by atoms with Gasteiger partial charge in [-0.1, -0.05) is 6.07 Å². The highest BCUT2D eigenvalue weighted by Gasteiger charge is 2.65. The largest absolute Gasteiger partial charge is 0.497 e. The summed E-state index contributed by atoms with van der Waals surface area (Å²) in [7, 11) is 1.66. The number of carbonyl (C=O) groups excluding carboxylic acids is 1. The van der Waals surface area contributed by atoms with Crippen molar-refractivity contribution in [3.8, 4) is 5.75 Å². The van der Waals surface area contributed by atoms with E-state index in [1.807, 2.05) is 42.2 Å². The maximum Gasteiger partial charge on any atom is 0.247 e. The van der Waals surface area contributed by atoms with Crippen LogP contribution in [0.2, 0.25) is 0 Å². The number of benzene rings is 1. The number of nitrogens with zero attached hydrogens (tertiary/aromatic N) is 2. The molecule has 0 radical (unpaired) electrons. The van der Waals surface area contributed by atoms with E-state index in [1.54, 1.807) is 7.11 Å². The monoisotopic (exact) mass is 352 g/mol. The zero-order valence-electron chi connectivity index (χ0n) is 15.3. The molecule has 1 aromatic carbocycles. The summed E-state index contributed by atoms with van der Waals surface area (Å²) in [6, 6.07) is 12.2. The lowest BCUT2D eigenvalue weighted by Crippen LogP contribution is -2.49. The Morgan fingerprint density at radius 3 is 2.92 bits per heavy atom. The summed E-state index contributed by atoms with van der Waals surface area (Å²) < 4.78 is 11.3. The van der Waals surface area contributed by atoms with Gasteiger partial charge in [0.25, 0.3) is 0 Å². The molecule has 0 aliphatic carbocycles. The van der Waals surface area contributed by atoms with Crippen molar-refractivity contribution in [3.63, 3.8) is 0 Å². The first kappa shape index (κ1) is 15.9. The summed E-state index contributed by atoms with van der Waals surface area (Å²) in [6.07, 6.45) is 3.01. The zero-order chi connectivity index (χ0) is 17.9. The fraction of sp³-hybridized carbons (Fsp3) is 0.476. The third-order valence-electron chi connectivity index (χ3n) is 6.50. The van der Waals surface area contributed by atoms with Crippen LogP contribution in [0, 0.1) is 12.8 Å². The van der Waals surface area contributed by atoms with Crippen LogP contribution in [0.4, 0.5) is 5.69 Å². The summed E-state index contributed by atoms with van der Waals surface area (Å²) >= 11 is 0. The average molecular weight is 352 g/mol. The summed E-state index contributed by atoms with van der Waals surface area (Å²) in [5.74, 6) is 3.34. The van der Waals surface area contributed by atoms with E-state index < -0.39 is 0 Å². The van der Waals surface area contributed by atoms with E-state index in [2.05, 4.69) is 11.0 Å². The van der Waals surface area contributed by atoms with Gasteiger partial charge in [0, 0.05) is 30.8 Å². The van der Waals surface area contributed by atoms with Gasteiger partial charge in [0.15, 0.2) is 0 Å². The highest BCUT2D eigenvalue weighted by Crippen LogP contribution is 2.56. The highest BCUT2D eigenvalue weighted by molar-refractivity contribution is 6.03. The van der Waals surface area contributed by atoms with Crippen LogP contribution < -0.4 is 9.64 Å². The number of hydrogen-bond donors (Lipinski definition) is 0. The second-order valence-corrected chi connectivity index (χ2v) is 7.74. The van der Waals surface area contributed by atoms with Crippen LogP contribution in [-0.2, 0) is 4.79 Å².